The molecule has 0 aliphatic heterocycles. The van der Waals surface area contributed by atoms with E-state index in [1.54, 1.807) is 30.5 Å². The van der Waals surface area contributed by atoms with Gasteiger partial charge < -0.3 is 14.5 Å². The normalized spacial score (nSPS) is 11.1. The molecule has 0 aliphatic carbocycles. The number of nitriles is 1. The largest absolute Gasteiger partial charge is 0.493 e. The summed E-state index contributed by atoms with van der Waals surface area (Å²) in [5.74, 6) is 1.53. The summed E-state index contributed by atoms with van der Waals surface area (Å²) >= 11 is 0. The van der Waals surface area contributed by atoms with Gasteiger partial charge in [0.2, 0.25) is 0 Å². The lowest BCUT2D eigenvalue weighted by atomic mass is 10.1. The maximum atomic E-state index is 12.8. The third kappa shape index (κ3) is 4.99. The van der Waals surface area contributed by atoms with Crippen molar-refractivity contribution in [1.82, 2.24) is 9.97 Å². The number of ether oxygens (including phenoxy) is 2. The zero-order valence-electron chi connectivity index (χ0n) is 17.5. The Kier molecular flexibility index (Phi) is 6.05. The number of H-pyrrole nitrogens is 1. The Morgan fingerprint density at radius 3 is 2.27 bits per heavy atom. The van der Waals surface area contributed by atoms with Crippen molar-refractivity contribution in [2.75, 3.05) is 7.11 Å². The van der Waals surface area contributed by atoms with Gasteiger partial charge in [-0.1, -0.05) is 24.3 Å². The van der Waals surface area contributed by atoms with Crippen molar-refractivity contribution in [3.05, 3.63) is 89.6 Å². The molecular formula is C25H18F3N3O2. The van der Waals surface area contributed by atoms with Crippen LogP contribution in [0.1, 0.15) is 16.7 Å². The van der Waals surface area contributed by atoms with Gasteiger partial charge in [0.15, 0.2) is 11.5 Å². The number of imidazole rings is 1. The highest BCUT2D eigenvalue weighted by Gasteiger charge is 2.30. The molecule has 0 unspecified atom stereocenters. The number of alkyl halides is 3. The molecule has 0 saturated carbocycles. The SMILES string of the molecule is COc1cc(-c2cnc(-c3ccc(C(F)(F)F)cc3)[nH]2)ccc1OCc1ccc(C#N)cc1. The van der Waals surface area contributed by atoms with Gasteiger partial charge in [0.1, 0.15) is 12.4 Å². The lowest BCUT2D eigenvalue weighted by Gasteiger charge is -2.12. The zero-order valence-corrected chi connectivity index (χ0v) is 17.5. The predicted molar refractivity (Wildman–Crippen MR) is 117 cm³/mol. The summed E-state index contributed by atoms with van der Waals surface area (Å²) in [5.41, 5.74) is 2.79. The molecule has 0 spiro atoms. The minimum Gasteiger partial charge on any atom is -0.493 e. The Bertz CT molecular complexity index is 1290. The van der Waals surface area contributed by atoms with Gasteiger partial charge in [0.05, 0.1) is 36.2 Å². The Balaban J connectivity index is 1.50. The van der Waals surface area contributed by atoms with Crippen LogP contribution in [0.25, 0.3) is 22.6 Å². The standard InChI is InChI=1S/C25H18F3N3O2/c1-32-23-12-19(8-11-22(23)33-15-17-4-2-16(13-29)3-5-17)21-14-30-24(31-21)18-6-9-20(10-7-18)25(26,27)28/h2-12,14H,15H2,1H3,(H,30,31). The van der Waals surface area contributed by atoms with Crippen LogP contribution in [0.15, 0.2) is 72.9 Å². The fourth-order valence-electron chi connectivity index (χ4n) is 3.22. The molecule has 4 rings (SSSR count). The van der Waals surface area contributed by atoms with Crippen molar-refractivity contribution in [2.45, 2.75) is 12.8 Å². The van der Waals surface area contributed by atoms with Crippen molar-refractivity contribution in [2.24, 2.45) is 0 Å². The molecule has 33 heavy (non-hydrogen) atoms. The summed E-state index contributed by atoms with van der Waals surface area (Å²) in [5, 5.41) is 8.89. The molecule has 0 amide bonds. The molecule has 8 heteroatoms. The first kappa shape index (κ1) is 22.0. The predicted octanol–water partition coefficient (Wildman–Crippen LogP) is 6.22. The van der Waals surface area contributed by atoms with Crippen molar-refractivity contribution in [3.63, 3.8) is 0 Å². The number of benzene rings is 3. The fourth-order valence-corrected chi connectivity index (χ4v) is 3.22. The zero-order chi connectivity index (χ0) is 23.4. The van der Waals surface area contributed by atoms with Gasteiger partial charge >= 0.3 is 6.18 Å². The third-order valence-electron chi connectivity index (χ3n) is 5.01. The average molecular weight is 449 g/mol. The van der Waals surface area contributed by atoms with Crippen LogP contribution in [0.3, 0.4) is 0 Å². The number of hydrogen-bond acceptors (Lipinski definition) is 4. The summed E-state index contributed by atoms with van der Waals surface area (Å²) in [7, 11) is 1.54. The summed E-state index contributed by atoms with van der Waals surface area (Å²) in [4.78, 5) is 7.42. The third-order valence-corrected chi connectivity index (χ3v) is 5.01. The molecule has 4 aromatic rings. The monoisotopic (exact) mass is 449 g/mol. The van der Waals surface area contributed by atoms with E-state index >= 15 is 0 Å². The minimum absolute atomic E-state index is 0.309. The number of rotatable bonds is 6. The second-order valence-corrected chi connectivity index (χ2v) is 7.18. The van der Waals surface area contributed by atoms with Gasteiger partial charge in [0.25, 0.3) is 0 Å². The molecule has 0 atom stereocenters. The molecule has 1 N–H and O–H groups in total. The Morgan fingerprint density at radius 1 is 0.939 bits per heavy atom. The van der Waals surface area contributed by atoms with E-state index in [-0.39, 0.29) is 0 Å². The lowest BCUT2D eigenvalue weighted by molar-refractivity contribution is -0.137. The Hall–Kier alpha value is -4.25. The van der Waals surface area contributed by atoms with Gasteiger partial charge in [-0.2, -0.15) is 18.4 Å². The quantitative estimate of drug-likeness (QED) is 0.379. The molecule has 5 nitrogen and oxygen atoms in total. The van der Waals surface area contributed by atoms with Crippen LogP contribution in [0.2, 0.25) is 0 Å². The number of hydrogen-bond donors (Lipinski definition) is 1. The van der Waals surface area contributed by atoms with Crippen LogP contribution >= 0.6 is 0 Å². The van der Waals surface area contributed by atoms with Gasteiger partial charge in [0, 0.05) is 11.1 Å². The summed E-state index contributed by atoms with van der Waals surface area (Å²) < 4.78 is 49.7. The van der Waals surface area contributed by atoms with Crippen molar-refractivity contribution in [3.8, 4) is 40.2 Å². The molecule has 0 radical (unpaired) electrons. The maximum Gasteiger partial charge on any atom is 0.416 e. The van der Waals surface area contributed by atoms with Crippen molar-refractivity contribution >= 4 is 0 Å². The van der Waals surface area contributed by atoms with E-state index in [1.165, 1.54) is 19.2 Å². The van der Waals surface area contributed by atoms with Crippen LogP contribution in [0.4, 0.5) is 13.2 Å². The first-order chi connectivity index (χ1) is 15.9. The van der Waals surface area contributed by atoms with Crippen molar-refractivity contribution in [1.29, 1.82) is 5.26 Å². The van der Waals surface area contributed by atoms with Crippen LogP contribution in [0, 0.1) is 11.3 Å². The van der Waals surface area contributed by atoms with Gasteiger partial charge in [-0.25, -0.2) is 4.98 Å². The van der Waals surface area contributed by atoms with Gasteiger partial charge in [-0.05, 0) is 48.0 Å². The Morgan fingerprint density at radius 2 is 1.64 bits per heavy atom. The maximum absolute atomic E-state index is 12.8. The van der Waals surface area contributed by atoms with Crippen LogP contribution in [-0.4, -0.2) is 17.1 Å². The highest BCUT2D eigenvalue weighted by Crippen LogP contribution is 2.34. The molecule has 3 aromatic carbocycles. The topological polar surface area (TPSA) is 70.9 Å². The Labute approximate surface area is 188 Å². The lowest BCUT2D eigenvalue weighted by Crippen LogP contribution is -2.04. The van der Waals surface area contributed by atoms with E-state index in [2.05, 4.69) is 16.0 Å². The summed E-state index contributed by atoms with van der Waals surface area (Å²) in [6.07, 6.45) is -2.77. The minimum atomic E-state index is -4.38. The second kappa shape index (κ2) is 9.09. The average Bonchev–Trinajstić information content (AvgIpc) is 3.33. The molecule has 0 saturated heterocycles. The molecule has 166 valence electrons. The number of nitrogens with zero attached hydrogens (tertiary/aromatic N) is 2. The van der Waals surface area contributed by atoms with Gasteiger partial charge in [-0.3, -0.25) is 0 Å². The van der Waals surface area contributed by atoms with Crippen LogP contribution < -0.4 is 9.47 Å². The number of aromatic amines is 1. The molecule has 1 aromatic heterocycles. The highest BCUT2D eigenvalue weighted by molar-refractivity contribution is 5.67. The number of aromatic nitrogens is 2. The van der Waals surface area contributed by atoms with E-state index in [9.17, 15) is 13.2 Å². The number of nitrogens with one attached hydrogen (secondary N) is 1. The number of halogens is 3. The first-order valence-corrected chi connectivity index (χ1v) is 9.90. The van der Waals surface area contributed by atoms with E-state index in [1.807, 2.05) is 18.2 Å². The van der Waals surface area contributed by atoms with E-state index in [4.69, 9.17) is 14.7 Å². The number of methoxy groups -OCH3 is 1. The second-order valence-electron chi connectivity index (χ2n) is 7.18. The van der Waals surface area contributed by atoms with Crippen LogP contribution in [-0.2, 0) is 12.8 Å². The first-order valence-electron chi connectivity index (χ1n) is 9.90. The van der Waals surface area contributed by atoms with Crippen molar-refractivity contribution < 1.29 is 22.6 Å². The summed E-state index contributed by atoms with van der Waals surface area (Å²) in [6.45, 7) is 0.309. The summed E-state index contributed by atoms with van der Waals surface area (Å²) in [6, 6.07) is 19.4. The molecule has 0 aliphatic rings. The fraction of sp³-hybridized carbons (Fsp3) is 0.120. The highest BCUT2D eigenvalue weighted by atomic mass is 19.4. The van der Waals surface area contributed by atoms with Crippen LogP contribution in [0.5, 0.6) is 11.5 Å². The molecule has 0 fully saturated rings. The molecule has 1 heterocycles. The molecule has 0 bridgehead atoms. The van der Waals surface area contributed by atoms with E-state index in [0.717, 1.165) is 23.3 Å². The van der Waals surface area contributed by atoms with E-state index in [0.29, 0.717) is 40.8 Å². The molecular weight excluding hydrogens is 431 g/mol. The van der Waals surface area contributed by atoms with E-state index < -0.39 is 11.7 Å². The smallest absolute Gasteiger partial charge is 0.416 e. The van der Waals surface area contributed by atoms with Gasteiger partial charge in [-0.15, -0.1) is 0 Å².